The van der Waals surface area contributed by atoms with Crippen LogP contribution in [0.5, 0.6) is 11.5 Å². The molecule has 1 aliphatic carbocycles. The van der Waals surface area contributed by atoms with Crippen molar-refractivity contribution < 1.29 is 9.47 Å². The Balaban J connectivity index is 1.71. The van der Waals surface area contributed by atoms with Crippen LogP contribution in [-0.4, -0.2) is 24.0 Å². The Morgan fingerprint density at radius 3 is 2.86 bits per heavy atom. The van der Waals surface area contributed by atoms with Crippen LogP contribution in [0.3, 0.4) is 0 Å². The van der Waals surface area contributed by atoms with Gasteiger partial charge in [-0.2, -0.15) is 5.10 Å². The normalized spacial score (nSPS) is 17.1. The third-order valence-electron chi connectivity index (χ3n) is 4.38. The lowest BCUT2D eigenvalue weighted by Crippen LogP contribution is -2.24. The minimum atomic E-state index is 0.380. The first kappa shape index (κ1) is 14.9. The van der Waals surface area contributed by atoms with Crippen molar-refractivity contribution in [1.29, 1.82) is 0 Å². The van der Waals surface area contributed by atoms with Gasteiger partial charge in [-0.3, -0.25) is 4.68 Å². The van der Waals surface area contributed by atoms with Gasteiger partial charge in [-0.1, -0.05) is 6.07 Å². The molecular formula is C17H23N3O2. The molecular weight excluding hydrogens is 278 g/mol. The fourth-order valence-corrected chi connectivity index (χ4v) is 3.15. The highest BCUT2D eigenvalue weighted by Gasteiger charge is 2.22. The largest absolute Gasteiger partial charge is 0.493 e. The van der Waals surface area contributed by atoms with Crippen molar-refractivity contribution in [1.82, 2.24) is 15.1 Å². The van der Waals surface area contributed by atoms with Gasteiger partial charge < -0.3 is 14.8 Å². The van der Waals surface area contributed by atoms with Crippen molar-refractivity contribution in [3.8, 4) is 11.5 Å². The number of nitrogens with zero attached hydrogens (tertiary/aromatic N) is 2. The SMILES string of the molecule is COc1ccc(CN[C@H]2CCCc3c2cnn3C)cc1OC. The Morgan fingerprint density at radius 2 is 2.09 bits per heavy atom. The molecule has 2 aromatic rings. The highest BCUT2D eigenvalue weighted by atomic mass is 16.5. The quantitative estimate of drug-likeness (QED) is 0.922. The number of aromatic nitrogens is 2. The first-order valence-corrected chi connectivity index (χ1v) is 7.68. The van der Waals surface area contributed by atoms with E-state index in [4.69, 9.17) is 9.47 Å². The lowest BCUT2D eigenvalue weighted by atomic mass is 9.93. The topological polar surface area (TPSA) is 48.3 Å². The molecule has 1 atom stereocenters. The molecule has 1 aromatic heterocycles. The van der Waals surface area contributed by atoms with Crippen LogP contribution in [0.2, 0.25) is 0 Å². The number of benzene rings is 1. The molecule has 22 heavy (non-hydrogen) atoms. The molecule has 0 unspecified atom stereocenters. The number of ether oxygens (including phenoxy) is 2. The van der Waals surface area contributed by atoms with Crippen molar-refractivity contribution in [2.75, 3.05) is 14.2 Å². The Kier molecular flexibility index (Phi) is 4.34. The Hall–Kier alpha value is -2.01. The number of aryl methyl sites for hydroxylation is 1. The van der Waals surface area contributed by atoms with Crippen molar-refractivity contribution in [2.24, 2.45) is 7.05 Å². The van der Waals surface area contributed by atoms with Crippen LogP contribution in [0.1, 0.15) is 35.7 Å². The zero-order valence-electron chi connectivity index (χ0n) is 13.4. The van der Waals surface area contributed by atoms with E-state index in [1.54, 1.807) is 14.2 Å². The van der Waals surface area contributed by atoms with Gasteiger partial charge >= 0.3 is 0 Å². The van der Waals surface area contributed by atoms with Crippen molar-refractivity contribution in [3.63, 3.8) is 0 Å². The van der Waals surface area contributed by atoms with Crippen LogP contribution in [0.4, 0.5) is 0 Å². The van der Waals surface area contributed by atoms with Gasteiger partial charge in [0.2, 0.25) is 0 Å². The summed E-state index contributed by atoms with van der Waals surface area (Å²) in [6.07, 6.45) is 5.49. The van der Waals surface area contributed by atoms with Gasteiger partial charge in [-0.05, 0) is 37.0 Å². The third-order valence-corrected chi connectivity index (χ3v) is 4.38. The van der Waals surface area contributed by atoms with E-state index in [1.807, 2.05) is 30.1 Å². The molecule has 5 heteroatoms. The van der Waals surface area contributed by atoms with Crippen LogP contribution < -0.4 is 14.8 Å². The zero-order chi connectivity index (χ0) is 15.5. The molecule has 3 rings (SSSR count). The maximum atomic E-state index is 5.36. The maximum Gasteiger partial charge on any atom is 0.161 e. The van der Waals surface area contributed by atoms with Gasteiger partial charge in [-0.25, -0.2) is 0 Å². The van der Waals surface area contributed by atoms with Crippen molar-refractivity contribution in [3.05, 3.63) is 41.2 Å². The van der Waals surface area contributed by atoms with Crippen molar-refractivity contribution in [2.45, 2.75) is 31.8 Å². The predicted octanol–water partition coefficient (Wildman–Crippen LogP) is 2.60. The molecule has 0 saturated carbocycles. The summed E-state index contributed by atoms with van der Waals surface area (Å²) in [7, 11) is 5.34. The lowest BCUT2D eigenvalue weighted by Gasteiger charge is -2.24. The molecule has 1 aromatic carbocycles. The van der Waals surface area contributed by atoms with Crippen LogP contribution in [-0.2, 0) is 20.0 Å². The zero-order valence-corrected chi connectivity index (χ0v) is 13.4. The van der Waals surface area contributed by atoms with E-state index in [0.717, 1.165) is 30.9 Å². The van der Waals surface area contributed by atoms with E-state index in [9.17, 15) is 0 Å². The Labute approximate surface area is 131 Å². The second-order valence-corrected chi connectivity index (χ2v) is 5.69. The van der Waals surface area contributed by atoms with Gasteiger partial charge in [0, 0.05) is 30.9 Å². The highest BCUT2D eigenvalue weighted by molar-refractivity contribution is 5.42. The lowest BCUT2D eigenvalue weighted by molar-refractivity contribution is 0.354. The number of hydrogen-bond donors (Lipinski definition) is 1. The molecule has 1 aliphatic rings. The van der Waals surface area contributed by atoms with Crippen LogP contribution in [0, 0.1) is 0 Å². The number of fused-ring (bicyclic) bond motifs is 1. The average Bonchev–Trinajstić information content (AvgIpc) is 2.94. The van der Waals surface area contributed by atoms with Crippen molar-refractivity contribution >= 4 is 0 Å². The van der Waals surface area contributed by atoms with E-state index < -0.39 is 0 Å². The summed E-state index contributed by atoms with van der Waals surface area (Å²) in [5.41, 5.74) is 3.89. The standard InChI is InChI=1S/C17H23N3O2/c1-20-15-6-4-5-14(13(15)11-19-20)18-10-12-7-8-16(21-2)17(9-12)22-3/h7-9,11,14,18H,4-6,10H2,1-3H3/t14-/m0/s1. The second kappa shape index (κ2) is 6.40. The third kappa shape index (κ3) is 2.81. The minimum absolute atomic E-state index is 0.380. The first-order valence-electron chi connectivity index (χ1n) is 7.68. The predicted molar refractivity (Wildman–Crippen MR) is 85.3 cm³/mol. The monoisotopic (exact) mass is 301 g/mol. The first-order chi connectivity index (χ1) is 10.7. The van der Waals surface area contributed by atoms with E-state index in [2.05, 4.69) is 16.5 Å². The molecule has 118 valence electrons. The summed E-state index contributed by atoms with van der Waals surface area (Å²) in [5, 5.41) is 8.04. The second-order valence-electron chi connectivity index (χ2n) is 5.69. The van der Waals surface area contributed by atoms with Gasteiger partial charge in [-0.15, -0.1) is 0 Å². The summed E-state index contributed by atoms with van der Waals surface area (Å²) in [5.74, 6) is 1.53. The van der Waals surface area contributed by atoms with Gasteiger partial charge in [0.15, 0.2) is 11.5 Å². The fourth-order valence-electron chi connectivity index (χ4n) is 3.15. The maximum absolute atomic E-state index is 5.36. The summed E-state index contributed by atoms with van der Waals surface area (Å²) in [6, 6.07) is 6.43. The molecule has 1 heterocycles. The molecule has 1 N–H and O–H groups in total. The molecule has 0 amide bonds. The number of rotatable bonds is 5. The summed E-state index contributed by atoms with van der Waals surface area (Å²) in [6.45, 7) is 0.805. The summed E-state index contributed by atoms with van der Waals surface area (Å²) >= 11 is 0. The molecule has 0 fully saturated rings. The number of hydrogen-bond acceptors (Lipinski definition) is 4. The van der Waals surface area contributed by atoms with E-state index in [-0.39, 0.29) is 0 Å². The molecule has 0 radical (unpaired) electrons. The van der Waals surface area contributed by atoms with E-state index in [1.165, 1.54) is 23.2 Å². The average molecular weight is 301 g/mol. The number of nitrogens with one attached hydrogen (secondary N) is 1. The molecule has 0 bridgehead atoms. The molecule has 5 nitrogen and oxygen atoms in total. The van der Waals surface area contributed by atoms with Gasteiger partial charge in [0.25, 0.3) is 0 Å². The van der Waals surface area contributed by atoms with Crippen LogP contribution in [0.25, 0.3) is 0 Å². The van der Waals surface area contributed by atoms with Gasteiger partial charge in [0.05, 0.1) is 20.4 Å². The Bertz CT molecular complexity index is 651. The Morgan fingerprint density at radius 1 is 1.27 bits per heavy atom. The van der Waals surface area contributed by atoms with E-state index >= 15 is 0 Å². The van der Waals surface area contributed by atoms with Gasteiger partial charge in [0.1, 0.15) is 0 Å². The molecule has 0 saturated heterocycles. The number of methoxy groups -OCH3 is 2. The highest BCUT2D eigenvalue weighted by Crippen LogP contribution is 2.31. The van der Waals surface area contributed by atoms with E-state index in [0.29, 0.717) is 6.04 Å². The molecule has 0 spiro atoms. The molecule has 0 aliphatic heterocycles. The minimum Gasteiger partial charge on any atom is -0.493 e. The smallest absolute Gasteiger partial charge is 0.161 e. The van der Waals surface area contributed by atoms with Crippen LogP contribution in [0.15, 0.2) is 24.4 Å². The van der Waals surface area contributed by atoms with Crippen LogP contribution >= 0.6 is 0 Å². The fraction of sp³-hybridized carbons (Fsp3) is 0.471. The summed E-state index contributed by atoms with van der Waals surface area (Å²) < 4.78 is 12.6. The summed E-state index contributed by atoms with van der Waals surface area (Å²) in [4.78, 5) is 0.